The molecular weight excluding hydrogens is 1920 g/mol. The Bertz CT molecular complexity index is 7090. The van der Waals surface area contributed by atoms with E-state index < -0.39 is 57.2 Å². The molecule has 9 aliphatic heterocycles. The molecule has 11 aliphatic rings. The molecule has 150 heavy (non-hydrogen) atoms. The van der Waals surface area contributed by atoms with Gasteiger partial charge in [0.05, 0.1) is 145 Å². The van der Waals surface area contributed by atoms with Gasteiger partial charge in [-0.25, -0.2) is 0 Å². The van der Waals surface area contributed by atoms with Gasteiger partial charge >= 0.3 is 11.9 Å². The lowest BCUT2D eigenvalue weighted by Crippen LogP contribution is -2.43. The van der Waals surface area contributed by atoms with Crippen LogP contribution in [0.5, 0.6) is 0 Å². The first kappa shape index (κ1) is 110. The van der Waals surface area contributed by atoms with Gasteiger partial charge < -0.3 is 161 Å². The molecule has 8 unspecified atom stereocenters. The number of esters is 2. The number of hydrogen-bond donors (Lipinski definition) is 27. The molecule has 2 fully saturated rings. The van der Waals surface area contributed by atoms with Crippen molar-refractivity contribution in [3.63, 3.8) is 0 Å². The van der Waals surface area contributed by atoms with Gasteiger partial charge in [0.25, 0.3) is 0 Å². The first-order valence-electron chi connectivity index (χ1n) is 48.5. The zero-order valence-electron chi connectivity index (χ0n) is 84.4. The number of nitrogens with two attached hydrogens (primary N) is 18. The number of carbonyl (C=O) groups excluding carboxylic acids is 13. The SMILES string of the molecule is C=CCC1(CC=C)C(=O)Nc2cc(N)c(N)cc21.C=CCC1C(=O)Nc2cc(N)c(N)cc21.CC(=O)C1(C)C(=O)Nc2cc(N)c(N)cc21.CC(=O)C1C(=O)Nc2cc(N)c(N)cc21.CC1(C#N)C(=O)Nc2cc(N)c(N)cc21.CCOC(=O)C1(CC)C(=O)Nc2cc(N)c(N)cc21.CCOC(=O)C1C(=O)Nc2cc(N)c(N)cc21.Nc1cc2c(cc1N)C(C1CCCC1)C(=O)N2.Nc1cc2c(cc1N)C(C1CCCCC1)C(=O)N2. The second-order valence-electron chi connectivity index (χ2n) is 38.4. The summed E-state index contributed by atoms with van der Waals surface area (Å²) in [5.74, 6) is -4.19. The number of ketones is 2. The van der Waals surface area contributed by atoms with E-state index in [-0.39, 0.29) is 83.9 Å². The molecule has 0 bridgehead atoms. The number of carbonyl (C=O) groups is 13. The van der Waals surface area contributed by atoms with E-state index in [1.54, 1.807) is 144 Å². The molecule has 0 spiro atoms. The van der Waals surface area contributed by atoms with Crippen molar-refractivity contribution in [2.45, 2.75) is 183 Å². The maximum atomic E-state index is 12.3. The summed E-state index contributed by atoms with van der Waals surface area (Å²) in [6.45, 7) is 22.6. The fourth-order valence-corrected chi connectivity index (χ4v) is 20.2. The van der Waals surface area contributed by atoms with E-state index in [0.29, 0.717) is 196 Å². The van der Waals surface area contributed by atoms with E-state index in [9.17, 15) is 62.3 Å². The quantitative estimate of drug-likeness (QED) is 0.0196. The van der Waals surface area contributed by atoms with E-state index in [1.165, 1.54) is 52.0 Å². The average molecular weight is 2050 g/mol. The number of fused-ring (bicyclic) bond motifs is 9. The monoisotopic (exact) mass is 2050 g/mol. The van der Waals surface area contributed by atoms with Gasteiger partial charge in [-0.3, -0.25) is 62.3 Å². The molecule has 0 radical (unpaired) electrons. The maximum absolute atomic E-state index is 12.3. The van der Waals surface area contributed by atoms with Gasteiger partial charge in [0.2, 0.25) is 53.2 Å². The van der Waals surface area contributed by atoms with Gasteiger partial charge in [0.1, 0.15) is 22.9 Å². The number of nitrogens with one attached hydrogen (secondary N) is 9. The highest BCUT2D eigenvalue weighted by Crippen LogP contribution is 2.52. The minimum Gasteiger partial charge on any atom is -0.465 e. The molecular formula is C107H130N28O15. The van der Waals surface area contributed by atoms with E-state index in [2.05, 4.69) is 67.6 Å². The highest BCUT2D eigenvalue weighted by atomic mass is 16.5. The molecule has 43 nitrogen and oxygen atoms in total. The summed E-state index contributed by atoms with van der Waals surface area (Å²) in [4.78, 5) is 154. The van der Waals surface area contributed by atoms with E-state index in [0.717, 1.165) is 70.7 Å². The Balaban J connectivity index is 0.000000150. The van der Waals surface area contributed by atoms with Crippen molar-refractivity contribution >= 4 is 230 Å². The molecule has 9 amide bonds. The number of Topliss-reactive ketones (excluding diaryl/α,β-unsaturated/α-hetero) is 2. The molecule has 2 aliphatic carbocycles. The van der Waals surface area contributed by atoms with Gasteiger partial charge in [-0.2, -0.15) is 5.26 Å². The third-order valence-electron chi connectivity index (χ3n) is 28.7. The largest absolute Gasteiger partial charge is 0.465 e. The van der Waals surface area contributed by atoms with Gasteiger partial charge in [0.15, 0.2) is 16.7 Å². The Morgan fingerprint density at radius 1 is 0.353 bits per heavy atom. The molecule has 45 N–H and O–H groups in total. The molecule has 43 heteroatoms. The Morgan fingerprint density at radius 2 is 0.667 bits per heavy atom. The number of rotatable bonds is 15. The highest BCUT2D eigenvalue weighted by molar-refractivity contribution is 6.23. The fourth-order valence-electron chi connectivity index (χ4n) is 20.2. The molecule has 20 rings (SSSR count). The van der Waals surface area contributed by atoms with Crippen molar-refractivity contribution < 1.29 is 71.8 Å². The zero-order valence-corrected chi connectivity index (χ0v) is 84.4. The van der Waals surface area contributed by atoms with Crippen LogP contribution >= 0.6 is 0 Å². The normalized spacial score (nSPS) is 20.5. The standard InChI is InChI=1S/C14H19N3O.C14H17N3O.C13H17N3O3.C13H17N3O.C11H13N3O3.C11H13N3O2.C11H13N3O.C10H10N4O.C10H11N3O2/c15-10-6-9-12(7-11(10)16)17-14(18)13(9)8-4-2-1-3-5-8;1-3-5-14(6-4-2)9-7-10(15)11(16)8-12(9)17-13(14)18;1-3-13(12(18)19-4-2)7-5-8(14)9(15)6-10(7)16-11(13)17;14-9-5-8-11(6-10(9)15)16-13(17)12(8)7-3-1-2-4-7;1-2-17-11(16)9-5-3-6(12)7(13)4-8(5)14-10(9)15;1-5(15)11(2)6-3-7(12)8(13)4-9(6)14-10(11)16;1-2-3-6-7-4-8(12)9(13)5-10(7)14-11(6)15;1-10(4-11)5-2-6(12)7(13)3-8(5)14-9(10)15;1-4(14)9-5-2-6(11)7(12)3-8(5)13-10(9)15/h6-8,13H,1-5,15-16H2,(H,17,18);3-4,7-8H,1-2,5-6,15-16H2,(H,17,18);5-6H,3-4,14-15H2,1-2H3,(H,16,17);5-7,12H,1-4,14-15H2,(H,16,17);3-4,9H,2,12-13H2,1H3,(H,14,15);3-4H,12-13H2,1-2H3,(H,14,16);2,4-6H,1,3,12-13H2,(H,14,15);2-3H,12-13H2,1H3,(H,14,15);2-3,9H,11-12H2,1H3,(H,13,15). The number of benzene rings is 9. The van der Waals surface area contributed by atoms with Crippen LogP contribution < -0.4 is 151 Å². The summed E-state index contributed by atoms with van der Waals surface area (Å²) in [5.41, 5.74) is 119. The summed E-state index contributed by atoms with van der Waals surface area (Å²) in [6, 6.07) is 31.9. The van der Waals surface area contributed by atoms with Crippen LogP contribution in [0.2, 0.25) is 0 Å². The summed E-state index contributed by atoms with van der Waals surface area (Å²) in [6.07, 6.45) is 18.0. The first-order chi connectivity index (χ1) is 70.9. The number of allylic oxidation sites excluding steroid dienone is 3. The van der Waals surface area contributed by atoms with Crippen molar-refractivity contribution in [2.24, 2.45) is 11.8 Å². The van der Waals surface area contributed by atoms with Crippen LogP contribution in [0, 0.1) is 23.2 Å². The fraction of sp³-hybridized carbons (Fsp3) is 0.308. The van der Waals surface area contributed by atoms with Crippen molar-refractivity contribution in [1.82, 2.24) is 0 Å². The van der Waals surface area contributed by atoms with Gasteiger partial charge in [-0.1, -0.05) is 57.3 Å². The number of hydrogen-bond acceptors (Lipinski definition) is 34. The number of nitriles is 1. The molecule has 9 aromatic rings. The smallest absolute Gasteiger partial charge is 0.326 e. The third kappa shape index (κ3) is 21.5. The summed E-state index contributed by atoms with van der Waals surface area (Å²) in [5, 5.41) is 33.6. The van der Waals surface area contributed by atoms with E-state index in [4.69, 9.17) is 118 Å². The van der Waals surface area contributed by atoms with Crippen molar-refractivity contribution in [3.8, 4) is 6.07 Å². The van der Waals surface area contributed by atoms with Crippen LogP contribution in [-0.2, 0) is 93.5 Å². The van der Waals surface area contributed by atoms with Gasteiger partial charge in [-0.15, -0.1) is 19.7 Å². The number of ether oxygens (including phenoxy) is 2. The Kier molecular flexibility index (Phi) is 32.9. The minimum atomic E-state index is -1.33. The Labute approximate surface area is 865 Å². The molecule has 0 aromatic heterocycles. The molecule has 2 saturated carbocycles. The van der Waals surface area contributed by atoms with Crippen LogP contribution in [0.4, 0.5) is 154 Å². The predicted octanol–water partition coefficient (Wildman–Crippen LogP) is 11.4. The lowest BCUT2D eigenvalue weighted by atomic mass is 9.75. The minimum absolute atomic E-state index is 0.0181. The van der Waals surface area contributed by atoms with Crippen molar-refractivity contribution in [3.05, 3.63) is 197 Å². The summed E-state index contributed by atoms with van der Waals surface area (Å²) < 4.78 is 9.90. The lowest BCUT2D eigenvalue weighted by molar-refractivity contribution is -0.153. The van der Waals surface area contributed by atoms with Gasteiger partial charge in [-0.05, 0) is 242 Å². The van der Waals surface area contributed by atoms with E-state index >= 15 is 0 Å². The topological polar surface area (TPSA) is 841 Å². The number of nitrogen functional groups attached to an aromatic ring is 18. The first-order valence-corrected chi connectivity index (χ1v) is 48.5. The molecule has 788 valence electrons. The maximum Gasteiger partial charge on any atom is 0.326 e. The molecule has 0 saturated heterocycles. The number of anilines is 27. The third-order valence-corrected chi connectivity index (χ3v) is 28.7. The van der Waals surface area contributed by atoms with Crippen LogP contribution in [-0.4, -0.2) is 89.9 Å². The lowest BCUT2D eigenvalue weighted by Gasteiger charge is -2.26. The van der Waals surface area contributed by atoms with Crippen LogP contribution in [0.25, 0.3) is 0 Å². The van der Waals surface area contributed by atoms with Crippen LogP contribution in [0.15, 0.2) is 147 Å². The number of amides is 9. The van der Waals surface area contributed by atoms with Crippen LogP contribution in [0.1, 0.15) is 212 Å². The average Bonchev–Trinajstić information content (AvgIpc) is 1.58. The zero-order chi connectivity index (χ0) is 110. The summed E-state index contributed by atoms with van der Waals surface area (Å²) >= 11 is 0. The van der Waals surface area contributed by atoms with Crippen molar-refractivity contribution in [1.29, 1.82) is 5.26 Å². The highest BCUT2D eigenvalue weighted by Gasteiger charge is 2.55. The Morgan fingerprint density at radius 3 is 1.07 bits per heavy atom. The molecule has 9 aromatic carbocycles. The Hall–Kier alpha value is -18.4. The van der Waals surface area contributed by atoms with Crippen LogP contribution in [0.3, 0.4) is 0 Å². The number of nitrogens with zero attached hydrogens (tertiary/aromatic N) is 1. The van der Waals surface area contributed by atoms with E-state index in [1.807, 2.05) is 18.2 Å². The predicted molar refractivity (Wildman–Crippen MR) is 590 cm³/mol. The summed E-state index contributed by atoms with van der Waals surface area (Å²) in [7, 11) is 0. The second kappa shape index (κ2) is 44.7. The van der Waals surface area contributed by atoms with Gasteiger partial charge in [0, 0.05) is 73.4 Å². The molecule has 9 heterocycles. The molecule has 8 atom stereocenters. The van der Waals surface area contributed by atoms with Crippen molar-refractivity contribution in [2.75, 3.05) is 164 Å². The second-order valence-corrected chi connectivity index (χ2v) is 38.4.